The van der Waals surface area contributed by atoms with Crippen LogP contribution in [0, 0.1) is 17.2 Å². The number of hydrogen-bond acceptors (Lipinski definition) is 5. The molecule has 0 spiro atoms. The first-order valence-electron chi connectivity index (χ1n) is 10.7. The van der Waals surface area contributed by atoms with Crippen LogP contribution in [0.1, 0.15) is 72.0 Å². The fraction of sp³-hybridized carbons (Fsp3) is 0.400. The number of nitriles is 1. The predicted octanol–water partition coefficient (Wildman–Crippen LogP) is 5.72. The van der Waals surface area contributed by atoms with Gasteiger partial charge in [-0.05, 0) is 60.8 Å². The Balaban J connectivity index is 1.89. The molecule has 6 heteroatoms. The summed E-state index contributed by atoms with van der Waals surface area (Å²) in [6.07, 6.45) is 4.24. The number of nitrogens with zero attached hydrogens (tertiary/aromatic N) is 1. The van der Waals surface area contributed by atoms with Crippen LogP contribution in [0.3, 0.4) is 0 Å². The van der Waals surface area contributed by atoms with Crippen LogP contribution in [-0.2, 0) is 22.4 Å². The van der Waals surface area contributed by atoms with Crippen molar-refractivity contribution in [1.82, 2.24) is 0 Å². The normalized spacial score (nSPS) is 15.9. The zero-order valence-corrected chi connectivity index (χ0v) is 19.3. The fourth-order valence-corrected chi connectivity index (χ4v) is 5.11. The van der Waals surface area contributed by atoms with Crippen molar-refractivity contribution < 1.29 is 14.3 Å². The molecule has 0 radical (unpaired) electrons. The number of carbonyl (C=O) groups excluding carboxylic acids is 2. The number of esters is 1. The van der Waals surface area contributed by atoms with Crippen molar-refractivity contribution in [3.8, 4) is 6.07 Å². The van der Waals surface area contributed by atoms with Gasteiger partial charge in [0.25, 0.3) is 5.91 Å². The quantitative estimate of drug-likeness (QED) is 0.357. The van der Waals surface area contributed by atoms with E-state index in [9.17, 15) is 14.9 Å². The average Bonchev–Trinajstić information content (AvgIpc) is 3.09. The molecule has 1 aromatic heterocycles. The Hall–Kier alpha value is -2.91. The Bertz CT molecular complexity index is 1040. The van der Waals surface area contributed by atoms with E-state index in [-0.39, 0.29) is 12.2 Å². The average molecular weight is 437 g/mol. The van der Waals surface area contributed by atoms with Crippen molar-refractivity contribution in [3.05, 3.63) is 57.0 Å². The van der Waals surface area contributed by atoms with Gasteiger partial charge < -0.3 is 10.1 Å². The summed E-state index contributed by atoms with van der Waals surface area (Å²) in [6, 6.07) is 9.78. The van der Waals surface area contributed by atoms with Gasteiger partial charge in [0, 0.05) is 4.88 Å². The van der Waals surface area contributed by atoms with Gasteiger partial charge in [-0.25, -0.2) is 4.79 Å². The first-order valence-corrected chi connectivity index (χ1v) is 11.5. The van der Waals surface area contributed by atoms with Crippen LogP contribution in [0.5, 0.6) is 0 Å². The molecule has 1 aliphatic rings. The summed E-state index contributed by atoms with van der Waals surface area (Å²) >= 11 is 1.42. The lowest BCUT2D eigenvalue weighted by atomic mass is 9.88. The minimum absolute atomic E-state index is 0.00755. The number of hydrogen-bond donors (Lipinski definition) is 1. The maximum absolute atomic E-state index is 12.9. The molecule has 1 aliphatic carbocycles. The van der Waals surface area contributed by atoms with E-state index in [0.717, 1.165) is 35.3 Å². The van der Waals surface area contributed by atoms with E-state index < -0.39 is 11.9 Å². The number of ether oxygens (including phenoxy) is 1. The first-order chi connectivity index (χ1) is 14.8. The van der Waals surface area contributed by atoms with Gasteiger partial charge in [0.15, 0.2) is 0 Å². The largest absolute Gasteiger partial charge is 0.462 e. The number of amides is 1. The maximum atomic E-state index is 12.9. The Morgan fingerprint density at radius 3 is 2.65 bits per heavy atom. The Morgan fingerprint density at radius 2 is 2.03 bits per heavy atom. The second-order valence-corrected chi connectivity index (χ2v) is 9.33. The van der Waals surface area contributed by atoms with E-state index >= 15 is 0 Å². The molecule has 1 atom stereocenters. The van der Waals surface area contributed by atoms with E-state index in [4.69, 9.17) is 4.74 Å². The Kier molecular flexibility index (Phi) is 7.29. The van der Waals surface area contributed by atoms with Crippen LogP contribution in [0.4, 0.5) is 5.00 Å². The minimum Gasteiger partial charge on any atom is -0.462 e. The third kappa shape index (κ3) is 5.23. The van der Waals surface area contributed by atoms with Gasteiger partial charge in [0.2, 0.25) is 0 Å². The molecule has 31 heavy (non-hydrogen) atoms. The van der Waals surface area contributed by atoms with Crippen LogP contribution < -0.4 is 5.32 Å². The highest BCUT2D eigenvalue weighted by Crippen LogP contribution is 2.40. The van der Waals surface area contributed by atoms with Gasteiger partial charge in [-0.1, -0.05) is 45.0 Å². The van der Waals surface area contributed by atoms with Crippen LogP contribution in [0.2, 0.25) is 0 Å². The predicted molar refractivity (Wildman–Crippen MR) is 124 cm³/mol. The van der Waals surface area contributed by atoms with E-state index in [1.54, 1.807) is 13.0 Å². The summed E-state index contributed by atoms with van der Waals surface area (Å²) in [5.41, 5.74) is 3.38. The van der Waals surface area contributed by atoms with Crippen molar-refractivity contribution in [2.24, 2.45) is 5.92 Å². The molecule has 1 amide bonds. The number of anilines is 1. The molecule has 0 bridgehead atoms. The summed E-state index contributed by atoms with van der Waals surface area (Å²) in [5, 5.41) is 12.9. The van der Waals surface area contributed by atoms with Crippen LogP contribution in [0.15, 0.2) is 29.8 Å². The number of fused-ring (bicyclic) bond motifs is 1. The summed E-state index contributed by atoms with van der Waals surface area (Å²) in [5.74, 6) is 0.00279. The zero-order valence-electron chi connectivity index (χ0n) is 18.5. The lowest BCUT2D eigenvalue weighted by Crippen LogP contribution is -2.17. The molecular weight excluding hydrogens is 408 g/mol. The highest BCUT2D eigenvalue weighted by Gasteiger charge is 2.29. The topological polar surface area (TPSA) is 79.2 Å². The molecule has 1 aromatic carbocycles. The molecule has 3 rings (SSSR count). The fourth-order valence-electron chi connectivity index (χ4n) is 3.72. The van der Waals surface area contributed by atoms with E-state index in [1.165, 1.54) is 16.9 Å². The molecule has 0 saturated carbocycles. The van der Waals surface area contributed by atoms with Gasteiger partial charge in [0.05, 0.1) is 12.2 Å². The third-order valence-corrected chi connectivity index (χ3v) is 6.67. The number of nitrogens with one attached hydrogen (secondary N) is 1. The van der Waals surface area contributed by atoms with Gasteiger partial charge >= 0.3 is 5.97 Å². The number of thiophene rings is 1. The molecule has 162 valence electrons. The second kappa shape index (κ2) is 9.93. The molecule has 0 fully saturated rings. The molecule has 1 unspecified atom stereocenters. The van der Waals surface area contributed by atoms with Crippen molar-refractivity contribution in [1.29, 1.82) is 5.26 Å². The summed E-state index contributed by atoms with van der Waals surface area (Å²) in [6.45, 7) is 8.44. The number of carbonyl (C=O) groups is 2. The highest BCUT2D eigenvalue weighted by atomic mass is 32.1. The second-order valence-electron chi connectivity index (χ2n) is 8.22. The molecule has 2 aromatic rings. The van der Waals surface area contributed by atoms with Crippen molar-refractivity contribution >= 4 is 34.3 Å². The van der Waals surface area contributed by atoms with Crippen molar-refractivity contribution in [2.45, 2.75) is 52.9 Å². The lowest BCUT2D eigenvalue weighted by Gasteiger charge is -2.18. The summed E-state index contributed by atoms with van der Waals surface area (Å²) < 4.78 is 5.25. The van der Waals surface area contributed by atoms with Gasteiger partial charge in [-0.2, -0.15) is 5.26 Å². The number of rotatable bonds is 6. The first kappa shape index (κ1) is 22.8. The standard InChI is InChI=1S/C25H28N2O3S/c1-5-30-25(29)22-20-11-6-16(4)12-21(20)31-24(22)27-23(28)19(14-26)13-17-7-9-18(10-8-17)15(2)3/h7-10,13,15-16H,5-6,11-12H2,1-4H3,(H,27,28)/b19-13-. The van der Waals surface area contributed by atoms with Crippen LogP contribution in [0.25, 0.3) is 6.08 Å². The Labute approximate surface area is 187 Å². The maximum Gasteiger partial charge on any atom is 0.341 e. The molecule has 1 N–H and O–H groups in total. The molecule has 0 saturated heterocycles. The lowest BCUT2D eigenvalue weighted by molar-refractivity contribution is -0.112. The SMILES string of the molecule is CCOC(=O)c1c(NC(=O)/C(C#N)=C\c2ccc(C(C)C)cc2)sc2c1CCC(C)C2. The monoisotopic (exact) mass is 436 g/mol. The summed E-state index contributed by atoms with van der Waals surface area (Å²) in [4.78, 5) is 26.6. The highest BCUT2D eigenvalue weighted by molar-refractivity contribution is 7.17. The zero-order chi connectivity index (χ0) is 22.5. The smallest absolute Gasteiger partial charge is 0.341 e. The van der Waals surface area contributed by atoms with Crippen LogP contribution >= 0.6 is 11.3 Å². The minimum atomic E-state index is -0.521. The Morgan fingerprint density at radius 1 is 1.32 bits per heavy atom. The third-order valence-electron chi connectivity index (χ3n) is 5.50. The van der Waals surface area contributed by atoms with Crippen molar-refractivity contribution in [3.63, 3.8) is 0 Å². The van der Waals surface area contributed by atoms with E-state index in [2.05, 4.69) is 26.1 Å². The molecule has 1 heterocycles. The van der Waals surface area contributed by atoms with Crippen molar-refractivity contribution in [2.75, 3.05) is 11.9 Å². The van der Waals surface area contributed by atoms with Gasteiger partial charge in [0.1, 0.15) is 16.6 Å². The molecule has 5 nitrogen and oxygen atoms in total. The van der Waals surface area contributed by atoms with E-state index in [1.807, 2.05) is 30.3 Å². The van der Waals surface area contributed by atoms with E-state index in [0.29, 0.717) is 22.4 Å². The van der Waals surface area contributed by atoms with Gasteiger partial charge in [-0.3, -0.25) is 4.79 Å². The van der Waals surface area contributed by atoms with Crippen LogP contribution in [-0.4, -0.2) is 18.5 Å². The van der Waals surface area contributed by atoms with Gasteiger partial charge in [-0.15, -0.1) is 11.3 Å². The number of benzene rings is 1. The molecular formula is C25H28N2O3S. The summed E-state index contributed by atoms with van der Waals surface area (Å²) in [7, 11) is 0. The molecule has 0 aliphatic heterocycles.